The molecule has 0 bridgehead atoms. The van der Waals surface area contributed by atoms with E-state index in [-0.39, 0.29) is 17.9 Å². The quantitative estimate of drug-likeness (QED) is 0.305. The number of carbonyl (C=O) groups excluding carboxylic acids is 2. The fourth-order valence-electron chi connectivity index (χ4n) is 4.05. The van der Waals surface area contributed by atoms with Gasteiger partial charge in [0.05, 0.1) is 11.8 Å². The maximum Gasteiger partial charge on any atom is 0.296 e. The molecule has 1 unspecified atom stereocenters. The lowest BCUT2D eigenvalue weighted by atomic mass is 9.96. The maximum atomic E-state index is 13.1. The van der Waals surface area contributed by atoms with Crippen LogP contribution in [0.4, 0.5) is 0 Å². The summed E-state index contributed by atoms with van der Waals surface area (Å²) in [5.41, 5.74) is 1.28. The molecule has 0 aliphatic carbocycles. The van der Waals surface area contributed by atoms with Crippen molar-refractivity contribution in [2.24, 2.45) is 0 Å². The van der Waals surface area contributed by atoms with E-state index >= 15 is 0 Å². The number of pyridine rings is 1. The van der Waals surface area contributed by atoms with Gasteiger partial charge in [-0.2, -0.15) is 0 Å². The molecule has 1 fully saturated rings. The number of hydrogen-bond donors (Lipinski definition) is 1. The molecule has 0 radical (unpaired) electrons. The molecule has 6 heteroatoms. The zero-order chi connectivity index (χ0) is 21.4. The third-order valence-corrected chi connectivity index (χ3v) is 5.47. The smallest absolute Gasteiger partial charge is 0.296 e. The lowest BCUT2D eigenvalue weighted by Gasteiger charge is -2.23. The first-order valence-electron chi connectivity index (χ1n) is 9.84. The van der Waals surface area contributed by atoms with Gasteiger partial charge in [-0.15, -0.1) is 0 Å². The third kappa shape index (κ3) is 3.18. The van der Waals surface area contributed by atoms with Crippen molar-refractivity contribution in [3.63, 3.8) is 0 Å². The highest BCUT2D eigenvalue weighted by molar-refractivity contribution is 6.46. The van der Waals surface area contributed by atoms with Gasteiger partial charge in [-0.05, 0) is 34.5 Å². The molecule has 6 nitrogen and oxygen atoms in total. The Bertz CT molecular complexity index is 1300. The zero-order valence-electron chi connectivity index (χ0n) is 16.4. The predicted octanol–water partition coefficient (Wildman–Crippen LogP) is 4.45. The zero-order valence-corrected chi connectivity index (χ0v) is 16.4. The molecule has 5 rings (SSSR count). The third-order valence-electron chi connectivity index (χ3n) is 5.47. The summed E-state index contributed by atoms with van der Waals surface area (Å²) in [5, 5.41) is 13.0. The Kier molecular flexibility index (Phi) is 4.59. The van der Waals surface area contributed by atoms with Crippen LogP contribution in [0.2, 0.25) is 0 Å². The topological polar surface area (TPSA) is 83.6 Å². The Morgan fingerprint density at radius 1 is 1.00 bits per heavy atom. The van der Waals surface area contributed by atoms with Gasteiger partial charge in [-0.1, -0.05) is 48.5 Å². The number of fused-ring (bicyclic) bond motifs is 1. The standard InChI is InChI=1S/C25H18N2O4/c28-23(19-10-3-8-17-7-1-2-9-18(17)19)21-22(20-11-5-13-31-20)27(25(30)24(21)29)15-16-6-4-12-26-14-16/h1-14,22,28H,15H2/b23-21-. The van der Waals surface area contributed by atoms with Gasteiger partial charge in [0, 0.05) is 24.5 Å². The van der Waals surface area contributed by atoms with E-state index < -0.39 is 17.7 Å². The van der Waals surface area contributed by atoms with Crippen molar-refractivity contribution in [2.45, 2.75) is 12.6 Å². The molecule has 31 heavy (non-hydrogen) atoms. The van der Waals surface area contributed by atoms with Crippen LogP contribution >= 0.6 is 0 Å². The van der Waals surface area contributed by atoms with Crippen LogP contribution in [-0.4, -0.2) is 26.7 Å². The summed E-state index contributed by atoms with van der Waals surface area (Å²) in [6.45, 7) is 0.163. The van der Waals surface area contributed by atoms with Crippen LogP contribution in [0.15, 0.2) is 95.4 Å². The summed E-state index contributed by atoms with van der Waals surface area (Å²) in [4.78, 5) is 31.6. The van der Waals surface area contributed by atoms with Gasteiger partial charge in [0.15, 0.2) is 0 Å². The first-order chi connectivity index (χ1) is 15.1. The van der Waals surface area contributed by atoms with E-state index in [0.717, 1.165) is 16.3 Å². The van der Waals surface area contributed by atoms with Crippen molar-refractivity contribution in [1.29, 1.82) is 0 Å². The monoisotopic (exact) mass is 410 g/mol. The van der Waals surface area contributed by atoms with Gasteiger partial charge in [0.25, 0.3) is 11.7 Å². The normalized spacial score (nSPS) is 18.1. The number of hydrogen-bond acceptors (Lipinski definition) is 5. The molecule has 1 aliphatic rings. The molecule has 1 N–H and O–H groups in total. The lowest BCUT2D eigenvalue weighted by Crippen LogP contribution is -2.29. The van der Waals surface area contributed by atoms with Gasteiger partial charge in [-0.25, -0.2) is 0 Å². The highest BCUT2D eigenvalue weighted by atomic mass is 16.3. The molecule has 1 saturated heterocycles. The van der Waals surface area contributed by atoms with Crippen LogP contribution in [-0.2, 0) is 16.1 Å². The Labute approximate surface area is 178 Å². The molecule has 1 atom stereocenters. The minimum Gasteiger partial charge on any atom is -0.507 e. The molecule has 0 saturated carbocycles. The summed E-state index contributed by atoms with van der Waals surface area (Å²) in [6.07, 6.45) is 4.77. The number of aliphatic hydroxyl groups is 1. The fourth-order valence-corrected chi connectivity index (χ4v) is 4.05. The second-order valence-electron chi connectivity index (χ2n) is 7.33. The Morgan fingerprint density at radius 2 is 1.84 bits per heavy atom. The average molecular weight is 410 g/mol. The second-order valence-corrected chi connectivity index (χ2v) is 7.33. The van der Waals surface area contributed by atoms with Crippen molar-refractivity contribution in [3.8, 4) is 0 Å². The molecular formula is C25H18N2O4. The number of aromatic nitrogens is 1. The Morgan fingerprint density at radius 3 is 2.61 bits per heavy atom. The average Bonchev–Trinajstić information content (AvgIpc) is 3.42. The summed E-state index contributed by atoms with van der Waals surface area (Å²) < 4.78 is 5.58. The summed E-state index contributed by atoms with van der Waals surface area (Å²) in [7, 11) is 0. The van der Waals surface area contributed by atoms with Gasteiger partial charge < -0.3 is 14.4 Å². The van der Waals surface area contributed by atoms with Crippen molar-refractivity contribution in [1.82, 2.24) is 9.88 Å². The number of carbonyl (C=O) groups is 2. The van der Waals surface area contributed by atoms with Crippen molar-refractivity contribution < 1.29 is 19.1 Å². The summed E-state index contributed by atoms with van der Waals surface area (Å²) in [6, 6.07) is 19.2. The van der Waals surface area contributed by atoms with Gasteiger partial charge in [-0.3, -0.25) is 14.6 Å². The molecule has 2 aromatic heterocycles. The molecule has 1 aliphatic heterocycles. The highest BCUT2D eigenvalue weighted by Gasteiger charge is 2.47. The number of rotatable bonds is 4. The largest absolute Gasteiger partial charge is 0.507 e. The number of Topliss-reactive ketones (excluding diaryl/α,β-unsaturated/α-hetero) is 1. The van der Waals surface area contributed by atoms with E-state index in [4.69, 9.17) is 4.42 Å². The molecule has 1 amide bonds. The fraction of sp³-hybridized carbons (Fsp3) is 0.0800. The first-order valence-corrected chi connectivity index (χ1v) is 9.84. The van der Waals surface area contributed by atoms with E-state index in [9.17, 15) is 14.7 Å². The minimum absolute atomic E-state index is 0.0141. The number of furan rings is 1. The molecule has 0 spiro atoms. The van der Waals surface area contributed by atoms with Crippen molar-refractivity contribution >= 4 is 28.2 Å². The number of aliphatic hydroxyl groups excluding tert-OH is 1. The Hall–Kier alpha value is -4.19. The van der Waals surface area contributed by atoms with Crippen molar-refractivity contribution in [2.75, 3.05) is 0 Å². The van der Waals surface area contributed by atoms with Crippen LogP contribution in [0, 0.1) is 0 Å². The van der Waals surface area contributed by atoms with Crippen LogP contribution in [0.5, 0.6) is 0 Å². The van der Waals surface area contributed by atoms with Gasteiger partial charge in [0.1, 0.15) is 17.6 Å². The Balaban J connectivity index is 1.69. The van der Waals surface area contributed by atoms with Gasteiger partial charge >= 0.3 is 0 Å². The van der Waals surface area contributed by atoms with E-state index in [0.29, 0.717) is 11.3 Å². The molecule has 2 aromatic carbocycles. The molecule has 3 heterocycles. The number of ketones is 1. The van der Waals surface area contributed by atoms with Crippen LogP contribution in [0.25, 0.3) is 16.5 Å². The van der Waals surface area contributed by atoms with E-state index in [2.05, 4.69) is 4.98 Å². The lowest BCUT2D eigenvalue weighted by molar-refractivity contribution is -0.140. The second kappa shape index (κ2) is 7.57. The van der Waals surface area contributed by atoms with Crippen LogP contribution in [0.1, 0.15) is 22.9 Å². The molecule has 152 valence electrons. The predicted molar refractivity (Wildman–Crippen MR) is 115 cm³/mol. The van der Waals surface area contributed by atoms with Crippen LogP contribution in [0.3, 0.4) is 0 Å². The van der Waals surface area contributed by atoms with E-state index in [1.807, 2.05) is 42.5 Å². The maximum absolute atomic E-state index is 13.1. The molecule has 4 aromatic rings. The number of nitrogens with zero attached hydrogens (tertiary/aromatic N) is 2. The number of benzene rings is 2. The SMILES string of the molecule is O=C1C(=O)N(Cc2cccnc2)C(c2ccco2)/C1=C(/O)c1cccc2ccccc12. The highest BCUT2D eigenvalue weighted by Crippen LogP contribution is 2.41. The van der Waals surface area contributed by atoms with Crippen LogP contribution < -0.4 is 0 Å². The first kappa shape index (κ1) is 18.8. The van der Waals surface area contributed by atoms with E-state index in [1.54, 1.807) is 36.7 Å². The molecular weight excluding hydrogens is 392 g/mol. The number of likely N-dealkylation sites (tertiary alicyclic amines) is 1. The number of amides is 1. The summed E-state index contributed by atoms with van der Waals surface area (Å²) in [5.74, 6) is -1.24. The van der Waals surface area contributed by atoms with Crippen molar-refractivity contribution in [3.05, 3.63) is 108 Å². The minimum atomic E-state index is -0.839. The van der Waals surface area contributed by atoms with Gasteiger partial charge in [0.2, 0.25) is 0 Å². The van der Waals surface area contributed by atoms with E-state index in [1.165, 1.54) is 11.2 Å². The summed E-state index contributed by atoms with van der Waals surface area (Å²) >= 11 is 0.